The number of carbonyl (C=O) groups is 1. The molecule has 2 rings (SSSR count). The van der Waals surface area contributed by atoms with Gasteiger partial charge >= 0.3 is 5.97 Å². The fourth-order valence-electron chi connectivity index (χ4n) is 1.90. The Hall–Kier alpha value is -2.02. The molecule has 0 N–H and O–H groups in total. The number of hydrogen-bond donors (Lipinski definition) is 0. The molecule has 0 atom stereocenters. The minimum atomic E-state index is -3.08. The number of alkyl halides is 2. The Labute approximate surface area is 135 Å². The lowest BCUT2D eigenvalue weighted by atomic mass is 10.1. The number of hydrogen-bond acceptors (Lipinski definition) is 4. The second-order valence-corrected chi connectivity index (χ2v) is 5.81. The van der Waals surface area contributed by atoms with Gasteiger partial charge in [-0.3, -0.25) is 4.98 Å². The molecule has 2 aromatic rings. The van der Waals surface area contributed by atoms with E-state index in [1.54, 1.807) is 0 Å². The van der Waals surface area contributed by atoms with Gasteiger partial charge in [0.25, 0.3) is 5.92 Å². The van der Waals surface area contributed by atoms with Crippen molar-refractivity contribution in [3.63, 3.8) is 0 Å². The summed E-state index contributed by atoms with van der Waals surface area (Å²) in [4.78, 5) is 16.0. The number of methoxy groups -OCH3 is 1. The number of esters is 1. The summed E-state index contributed by atoms with van der Waals surface area (Å²) in [6.07, 6.45) is 2.43. The van der Waals surface area contributed by atoms with E-state index in [2.05, 4.69) is 9.72 Å². The van der Waals surface area contributed by atoms with Crippen LogP contribution in [0.5, 0.6) is 0 Å². The number of aromatic nitrogens is 1. The zero-order valence-corrected chi connectivity index (χ0v) is 13.1. The van der Waals surface area contributed by atoms with Gasteiger partial charge in [0.2, 0.25) is 0 Å². The van der Waals surface area contributed by atoms with Crippen molar-refractivity contribution < 1.29 is 22.7 Å². The van der Waals surface area contributed by atoms with E-state index >= 15 is 0 Å². The van der Waals surface area contributed by atoms with Gasteiger partial charge in [-0.25, -0.2) is 18.0 Å². The highest BCUT2D eigenvalue weighted by molar-refractivity contribution is 7.99. The SMILES string of the molecule is COC(=O)c1ccncc1SCCC(F)(F)c1ccc(F)cc1. The van der Waals surface area contributed by atoms with Gasteiger partial charge < -0.3 is 4.74 Å². The van der Waals surface area contributed by atoms with Gasteiger partial charge in [-0.1, -0.05) is 12.1 Å². The largest absolute Gasteiger partial charge is 0.465 e. The molecule has 0 fully saturated rings. The van der Waals surface area contributed by atoms with E-state index < -0.39 is 24.1 Å². The molecule has 0 bridgehead atoms. The Balaban J connectivity index is 2.02. The molecule has 0 aliphatic carbocycles. The van der Waals surface area contributed by atoms with E-state index in [1.165, 1.54) is 25.6 Å². The highest BCUT2D eigenvalue weighted by Gasteiger charge is 2.31. The molecule has 0 unspecified atom stereocenters. The van der Waals surface area contributed by atoms with Gasteiger partial charge in [0.15, 0.2) is 0 Å². The maximum Gasteiger partial charge on any atom is 0.339 e. The lowest BCUT2D eigenvalue weighted by Crippen LogP contribution is -2.14. The number of halogens is 3. The quantitative estimate of drug-likeness (QED) is 0.581. The predicted molar refractivity (Wildman–Crippen MR) is 81.2 cm³/mol. The van der Waals surface area contributed by atoms with E-state index in [9.17, 15) is 18.0 Å². The molecule has 0 radical (unpaired) electrons. The zero-order valence-electron chi connectivity index (χ0n) is 12.3. The monoisotopic (exact) mass is 341 g/mol. The average molecular weight is 341 g/mol. The smallest absolute Gasteiger partial charge is 0.339 e. The van der Waals surface area contributed by atoms with E-state index in [0.29, 0.717) is 4.90 Å². The lowest BCUT2D eigenvalue weighted by molar-refractivity contribution is -0.00706. The van der Waals surface area contributed by atoms with Crippen molar-refractivity contribution >= 4 is 17.7 Å². The van der Waals surface area contributed by atoms with Gasteiger partial charge in [0.05, 0.1) is 12.7 Å². The van der Waals surface area contributed by atoms with Crippen LogP contribution in [0, 0.1) is 5.82 Å². The third-order valence-electron chi connectivity index (χ3n) is 3.13. The number of benzene rings is 1. The fourth-order valence-corrected chi connectivity index (χ4v) is 2.92. The zero-order chi connectivity index (χ0) is 16.9. The summed E-state index contributed by atoms with van der Waals surface area (Å²) in [5.74, 6) is -4.11. The minimum absolute atomic E-state index is 0.0695. The van der Waals surface area contributed by atoms with Gasteiger partial charge in [-0.15, -0.1) is 11.8 Å². The second kappa shape index (κ2) is 7.50. The highest BCUT2D eigenvalue weighted by Crippen LogP contribution is 2.34. The van der Waals surface area contributed by atoms with Crippen LogP contribution in [0.1, 0.15) is 22.3 Å². The maximum atomic E-state index is 14.1. The van der Waals surface area contributed by atoms with Gasteiger partial charge in [0, 0.05) is 35.0 Å². The number of carbonyl (C=O) groups excluding carboxylic acids is 1. The molecule has 122 valence electrons. The first-order chi connectivity index (χ1) is 10.9. The van der Waals surface area contributed by atoms with Crippen molar-refractivity contribution in [2.24, 2.45) is 0 Å². The third kappa shape index (κ3) is 4.48. The molecule has 23 heavy (non-hydrogen) atoms. The average Bonchev–Trinajstić information content (AvgIpc) is 2.55. The van der Waals surface area contributed by atoms with Crippen LogP contribution < -0.4 is 0 Å². The molecule has 1 aromatic carbocycles. The molecule has 7 heteroatoms. The van der Waals surface area contributed by atoms with Crippen molar-refractivity contribution in [3.8, 4) is 0 Å². The number of nitrogens with zero attached hydrogens (tertiary/aromatic N) is 1. The number of rotatable bonds is 6. The Morgan fingerprint density at radius 1 is 1.26 bits per heavy atom. The molecule has 1 heterocycles. The number of thioether (sulfide) groups is 1. The summed E-state index contributed by atoms with van der Waals surface area (Å²) < 4.78 is 45.6. The van der Waals surface area contributed by atoms with E-state index in [4.69, 9.17) is 0 Å². The second-order valence-electron chi connectivity index (χ2n) is 4.67. The molecule has 3 nitrogen and oxygen atoms in total. The van der Waals surface area contributed by atoms with Crippen molar-refractivity contribution in [2.75, 3.05) is 12.9 Å². The van der Waals surface area contributed by atoms with E-state index in [-0.39, 0.29) is 16.9 Å². The van der Waals surface area contributed by atoms with Crippen molar-refractivity contribution in [1.82, 2.24) is 4.98 Å². The topological polar surface area (TPSA) is 39.2 Å². The molecule has 0 aliphatic rings. The first-order valence-electron chi connectivity index (χ1n) is 6.73. The Morgan fingerprint density at radius 2 is 1.96 bits per heavy atom. The lowest BCUT2D eigenvalue weighted by Gasteiger charge is -2.16. The molecule has 0 amide bonds. The summed E-state index contributed by atoms with van der Waals surface area (Å²) in [7, 11) is 1.25. The summed E-state index contributed by atoms with van der Waals surface area (Å²) in [5, 5.41) is 0. The summed E-state index contributed by atoms with van der Waals surface area (Å²) in [6, 6.07) is 5.64. The Bertz CT molecular complexity index is 677. The minimum Gasteiger partial charge on any atom is -0.465 e. The van der Waals surface area contributed by atoms with Crippen LogP contribution in [0.15, 0.2) is 47.6 Å². The number of pyridine rings is 1. The first-order valence-corrected chi connectivity index (χ1v) is 7.71. The molecule has 0 saturated heterocycles. The highest BCUT2D eigenvalue weighted by atomic mass is 32.2. The molecular formula is C16H14F3NO2S. The summed E-state index contributed by atoms with van der Waals surface area (Å²) in [5.41, 5.74) is 0.0523. The van der Waals surface area contributed by atoms with Crippen LogP contribution in [0.4, 0.5) is 13.2 Å². The van der Waals surface area contributed by atoms with Gasteiger partial charge in [-0.05, 0) is 18.2 Å². The first kappa shape index (κ1) is 17.3. The van der Waals surface area contributed by atoms with Gasteiger partial charge in [-0.2, -0.15) is 0 Å². The predicted octanol–water partition coefficient (Wildman–Crippen LogP) is 4.28. The van der Waals surface area contributed by atoms with Crippen molar-refractivity contribution in [3.05, 3.63) is 59.7 Å². The van der Waals surface area contributed by atoms with Crippen molar-refractivity contribution in [2.45, 2.75) is 17.2 Å². The van der Waals surface area contributed by atoms with Crippen LogP contribution in [0.2, 0.25) is 0 Å². The Morgan fingerprint density at radius 3 is 2.61 bits per heavy atom. The molecule has 0 spiro atoms. The molecule has 0 aliphatic heterocycles. The fraction of sp³-hybridized carbons (Fsp3) is 0.250. The van der Waals surface area contributed by atoms with Gasteiger partial charge in [0.1, 0.15) is 5.82 Å². The van der Waals surface area contributed by atoms with Crippen LogP contribution in [0.25, 0.3) is 0 Å². The molecule has 1 aromatic heterocycles. The van der Waals surface area contributed by atoms with E-state index in [0.717, 1.165) is 36.0 Å². The summed E-state index contributed by atoms with van der Waals surface area (Å²) in [6.45, 7) is 0. The van der Waals surface area contributed by atoms with E-state index in [1.807, 2.05) is 0 Å². The van der Waals surface area contributed by atoms with Crippen molar-refractivity contribution in [1.29, 1.82) is 0 Å². The molecule has 0 saturated carbocycles. The van der Waals surface area contributed by atoms with Crippen LogP contribution in [0.3, 0.4) is 0 Å². The van der Waals surface area contributed by atoms with Crippen LogP contribution in [-0.2, 0) is 10.7 Å². The summed E-state index contributed by atoms with van der Waals surface area (Å²) >= 11 is 1.10. The Kier molecular flexibility index (Phi) is 5.65. The van der Waals surface area contributed by atoms with Crippen LogP contribution in [-0.4, -0.2) is 23.8 Å². The molecular weight excluding hydrogens is 327 g/mol. The maximum absolute atomic E-state index is 14.1. The third-order valence-corrected chi connectivity index (χ3v) is 4.17. The number of ether oxygens (including phenoxy) is 1. The normalized spacial score (nSPS) is 11.3. The van der Waals surface area contributed by atoms with Crippen LogP contribution >= 0.6 is 11.8 Å². The standard InChI is InChI=1S/C16H14F3NO2S/c1-22-15(21)13-6-8-20-10-14(13)23-9-7-16(18,19)11-2-4-12(17)5-3-11/h2-6,8,10H,7,9H2,1H3.